The molecule has 7 aliphatic rings. The molecule has 6 aromatic rings. The van der Waals surface area contributed by atoms with Gasteiger partial charge < -0.3 is 29.0 Å². The Labute approximate surface area is 441 Å². The van der Waals surface area contributed by atoms with Crippen LogP contribution in [-0.2, 0) is 17.6 Å². The first-order chi connectivity index (χ1) is 35.1. The van der Waals surface area contributed by atoms with Gasteiger partial charge in [-0.1, -0.05) is 99.6 Å². The summed E-state index contributed by atoms with van der Waals surface area (Å²) in [5.74, 6) is 7.08. The Kier molecular flexibility index (Phi) is 20.5. The van der Waals surface area contributed by atoms with Crippen molar-refractivity contribution in [1.82, 2.24) is 30.0 Å². The van der Waals surface area contributed by atoms with E-state index in [-0.39, 0.29) is 5.60 Å². The number of aromatic nitrogens is 4. The van der Waals surface area contributed by atoms with Gasteiger partial charge in [-0.25, -0.2) is 0 Å². The third-order valence-electron chi connectivity index (χ3n) is 16.5. The number of benzene rings is 3. The van der Waals surface area contributed by atoms with Crippen molar-refractivity contribution in [2.24, 2.45) is 17.8 Å². The van der Waals surface area contributed by atoms with Gasteiger partial charge in [-0.05, 0) is 202 Å². The smallest absolute Gasteiger partial charge is 0.231 e. The molecule has 3 aromatic heterocycles. The molecule has 9 heteroatoms. The second-order valence-electron chi connectivity index (χ2n) is 23.7. The van der Waals surface area contributed by atoms with Gasteiger partial charge in [0.25, 0.3) is 0 Å². The van der Waals surface area contributed by atoms with Crippen molar-refractivity contribution < 1.29 is 14.2 Å². The highest BCUT2D eigenvalue weighted by Crippen LogP contribution is 2.38. The molecule has 1 spiro atoms. The molecule has 0 radical (unpaired) electrons. The molecule has 0 saturated carbocycles. The van der Waals surface area contributed by atoms with Gasteiger partial charge in [0.2, 0.25) is 6.79 Å². The molecule has 73 heavy (non-hydrogen) atoms. The molecule has 398 valence electrons. The molecule has 3 aromatic carbocycles. The average Bonchev–Trinajstić information content (AvgIpc) is 4.25. The summed E-state index contributed by atoms with van der Waals surface area (Å²) in [6, 6.07) is 24.2. The lowest BCUT2D eigenvalue weighted by Crippen LogP contribution is -2.49. The first-order valence-corrected chi connectivity index (χ1v) is 28.6. The van der Waals surface area contributed by atoms with Crippen LogP contribution in [0.4, 0.5) is 0 Å². The maximum absolute atomic E-state index is 6.01. The summed E-state index contributed by atoms with van der Waals surface area (Å²) in [5.41, 5.74) is 10.9. The van der Waals surface area contributed by atoms with Gasteiger partial charge in [-0.15, -0.1) is 0 Å². The molecule has 5 saturated heterocycles. The van der Waals surface area contributed by atoms with E-state index in [1.165, 1.54) is 147 Å². The molecule has 1 aliphatic carbocycles. The lowest BCUT2D eigenvalue weighted by molar-refractivity contribution is -0.113. The molecular weight excluding hydrogens is 901 g/mol. The molecular formula is C64H94N6O3. The minimum Gasteiger partial charge on any atom is -0.454 e. The zero-order valence-corrected chi connectivity index (χ0v) is 47.2. The molecule has 6 aliphatic heterocycles. The number of piperidine rings is 4. The zero-order chi connectivity index (χ0) is 52.1. The normalized spacial score (nSPS) is 20.5. The predicted octanol–water partition coefficient (Wildman–Crippen LogP) is 15.6. The number of ether oxygens (including phenoxy) is 3. The van der Waals surface area contributed by atoms with Crippen LogP contribution < -0.4 is 9.47 Å². The molecule has 0 amide bonds. The van der Waals surface area contributed by atoms with Crippen LogP contribution in [0.3, 0.4) is 0 Å². The Morgan fingerprint density at radius 2 is 1.27 bits per heavy atom. The van der Waals surface area contributed by atoms with E-state index in [1.54, 1.807) is 0 Å². The fourth-order valence-corrected chi connectivity index (χ4v) is 11.3. The number of hydrogen-bond donors (Lipinski definition) is 2. The van der Waals surface area contributed by atoms with Crippen LogP contribution in [-0.4, -0.2) is 87.7 Å². The molecule has 2 bridgehead atoms. The first kappa shape index (κ1) is 56.0. The largest absolute Gasteiger partial charge is 0.454 e. The fourth-order valence-electron chi connectivity index (χ4n) is 11.3. The maximum atomic E-state index is 6.01. The van der Waals surface area contributed by atoms with Gasteiger partial charge in [0.1, 0.15) is 0 Å². The van der Waals surface area contributed by atoms with Crippen molar-refractivity contribution >= 4 is 21.8 Å². The van der Waals surface area contributed by atoms with E-state index in [0.717, 1.165) is 41.4 Å². The van der Waals surface area contributed by atoms with Gasteiger partial charge >= 0.3 is 0 Å². The lowest BCUT2D eigenvalue weighted by atomic mass is 9.74. The Balaban J connectivity index is 0.000000128. The van der Waals surface area contributed by atoms with Crippen LogP contribution >= 0.6 is 0 Å². The quantitative estimate of drug-likeness (QED) is 0.172. The van der Waals surface area contributed by atoms with Crippen LogP contribution in [0, 0.1) is 17.8 Å². The highest BCUT2D eigenvalue weighted by atomic mass is 16.7. The Morgan fingerprint density at radius 3 is 1.90 bits per heavy atom. The highest BCUT2D eigenvalue weighted by molar-refractivity contribution is 5.80. The number of aryl methyl sites for hydroxylation is 2. The molecule has 9 heterocycles. The third kappa shape index (κ3) is 15.7. The van der Waals surface area contributed by atoms with Crippen LogP contribution in [0.25, 0.3) is 21.8 Å². The summed E-state index contributed by atoms with van der Waals surface area (Å²) in [6.07, 6.45) is 19.0. The van der Waals surface area contributed by atoms with Gasteiger partial charge in [0, 0.05) is 61.3 Å². The van der Waals surface area contributed by atoms with E-state index >= 15 is 0 Å². The van der Waals surface area contributed by atoms with Crippen LogP contribution in [0.15, 0.2) is 85.3 Å². The number of nitrogens with one attached hydrogen (secondary N) is 2. The third-order valence-corrected chi connectivity index (χ3v) is 16.5. The van der Waals surface area contributed by atoms with E-state index in [4.69, 9.17) is 14.2 Å². The number of nitrogens with zero attached hydrogens (tertiary/aromatic N) is 4. The van der Waals surface area contributed by atoms with Gasteiger partial charge in [-0.3, -0.25) is 10.1 Å². The second kappa shape index (κ2) is 26.7. The fraction of sp³-hybridized carbons (Fsp3) is 0.594. The molecule has 1 atom stereocenters. The molecule has 1 unspecified atom stereocenters. The Bertz CT molecular complexity index is 2430. The van der Waals surface area contributed by atoms with Gasteiger partial charge in [-0.2, -0.15) is 5.10 Å². The minimum absolute atomic E-state index is 0.281. The maximum Gasteiger partial charge on any atom is 0.231 e. The highest BCUT2D eigenvalue weighted by Gasteiger charge is 2.37. The predicted molar refractivity (Wildman–Crippen MR) is 306 cm³/mol. The zero-order valence-electron chi connectivity index (χ0n) is 47.2. The van der Waals surface area contributed by atoms with Crippen LogP contribution in [0.2, 0.25) is 0 Å². The van der Waals surface area contributed by atoms with Gasteiger partial charge in [0.15, 0.2) is 11.5 Å². The van der Waals surface area contributed by atoms with Crippen LogP contribution in [0.5, 0.6) is 11.5 Å². The van der Waals surface area contributed by atoms with E-state index in [0.29, 0.717) is 36.5 Å². The van der Waals surface area contributed by atoms with Crippen molar-refractivity contribution in [3.63, 3.8) is 0 Å². The molecule has 2 N–H and O–H groups in total. The van der Waals surface area contributed by atoms with Crippen molar-refractivity contribution in [2.45, 2.75) is 183 Å². The summed E-state index contributed by atoms with van der Waals surface area (Å²) >= 11 is 0. The summed E-state index contributed by atoms with van der Waals surface area (Å²) in [6.45, 7) is 34.9. The first-order valence-electron chi connectivity index (χ1n) is 28.6. The lowest BCUT2D eigenvalue weighted by Gasteiger charge is -2.46. The Morgan fingerprint density at radius 1 is 0.603 bits per heavy atom. The van der Waals surface area contributed by atoms with Gasteiger partial charge in [0.05, 0.1) is 17.3 Å². The van der Waals surface area contributed by atoms with Crippen molar-refractivity contribution in [1.29, 1.82) is 0 Å². The van der Waals surface area contributed by atoms with E-state index in [1.807, 2.05) is 30.7 Å². The van der Waals surface area contributed by atoms with E-state index in [2.05, 4.69) is 168 Å². The van der Waals surface area contributed by atoms with E-state index < -0.39 is 0 Å². The average molecular weight is 995 g/mol. The van der Waals surface area contributed by atoms with Crippen molar-refractivity contribution in [3.05, 3.63) is 119 Å². The van der Waals surface area contributed by atoms with Crippen molar-refractivity contribution in [2.75, 3.05) is 46.1 Å². The molecule has 13 rings (SSSR count). The number of hydrogen-bond acceptors (Lipinski definition) is 7. The second-order valence-corrected chi connectivity index (χ2v) is 23.7. The number of likely N-dealkylation sites (tertiary alicyclic amines) is 1. The summed E-state index contributed by atoms with van der Waals surface area (Å²) in [5, 5.41) is 9.43. The number of fused-ring (bicyclic) bond motifs is 7. The number of rotatable bonds is 6. The monoisotopic (exact) mass is 995 g/mol. The van der Waals surface area contributed by atoms with Crippen LogP contribution in [0.1, 0.15) is 192 Å². The molecule has 9 nitrogen and oxygen atoms in total. The topological polar surface area (TPSA) is 91.5 Å². The number of aromatic amines is 2. The number of H-pyrrole nitrogens is 2. The summed E-state index contributed by atoms with van der Waals surface area (Å²) < 4.78 is 16.5. The minimum atomic E-state index is 0.281. The summed E-state index contributed by atoms with van der Waals surface area (Å²) in [4.78, 5) is 12.9. The standard InChI is InChI=1S/C12H23NO.C11H13N.C11H15N.C10H12N2.C10H19N.C10H12O2/c1-11(2)13-8-6-12(7-9-13)5-3-4-10-14-12;1-8(2)9-3-4-11-10(7-9)5-6-12-11;1-8(2)10-6-9-4-3-5-11(9)12-7-10;1-7(2)8-3-4-9-6-11-12-10(9)5-8;1-8(2)10-7-11-5-3-9(10)4-6-11;1-7(2)8-3-4-9-10(5-8)12-6-11-9/h11H,3-10H2,1-2H3;3-8,12H,1-2H3;6-8H,3-5H2,1-2H3;3-7H,1-2H3,(H,11,12);8-10H,3-7H2,1-2H3;3-5,7H,6H2,1-2H3. The molecule has 5 fully saturated rings. The number of pyridine rings is 1. The SMILES string of the molecule is CC(C)C1CN2CCC1CC2.CC(C)N1CCC2(CCCCO2)CC1.CC(C)c1ccc2[nH]ccc2c1.CC(C)c1ccc2c(c1)OCO2.CC(C)c1ccc2cn[nH]c2c1.CC(C)c1cnc2c(c1)CCC2. The Hall–Kier alpha value is -4.70. The van der Waals surface area contributed by atoms with Crippen molar-refractivity contribution in [3.8, 4) is 11.5 Å². The van der Waals surface area contributed by atoms with E-state index in [9.17, 15) is 0 Å². The summed E-state index contributed by atoms with van der Waals surface area (Å²) in [7, 11) is 0.